The minimum Gasteiger partial charge on any atom is -0.337 e. The molecule has 1 saturated heterocycles. The fourth-order valence-corrected chi connectivity index (χ4v) is 3.53. The molecule has 0 unspecified atom stereocenters. The minimum absolute atomic E-state index is 0.721. The number of nitrogens with zero attached hydrogens (tertiary/aromatic N) is 4. The molecule has 0 amide bonds. The molecule has 3 aromatic rings. The highest BCUT2D eigenvalue weighted by atomic mass is 15.2. The van der Waals surface area contributed by atoms with Gasteiger partial charge < -0.3 is 4.57 Å². The number of para-hydroxylation sites is 1. The predicted octanol–water partition coefficient (Wildman–Crippen LogP) is 3.03. The van der Waals surface area contributed by atoms with Gasteiger partial charge in [0.1, 0.15) is 5.82 Å². The molecule has 23 heavy (non-hydrogen) atoms. The maximum absolute atomic E-state index is 4.59. The van der Waals surface area contributed by atoms with Crippen molar-refractivity contribution in [2.24, 2.45) is 13.0 Å². The monoisotopic (exact) mass is 306 g/mol. The molecule has 0 aliphatic carbocycles. The second kappa shape index (κ2) is 6.13. The van der Waals surface area contributed by atoms with Crippen LogP contribution >= 0.6 is 0 Å². The molecule has 2 aromatic heterocycles. The lowest BCUT2D eigenvalue weighted by atomic mass is 9.99. The third kappa shape index (κ3) is 3.13. The van der Waals surface area contributed by atoms with Crippen LogP contribution < -0.4 is 0 Å². The van der Waals surface area contributed by atoms with Gasteiger partial charge in [0.05, 0.1) is 12.1 Å². The standard InChI is InChI=1S/C19H22N4/c1-22-9-7-20-19(22)14-23-8-6-15(13-23)10-16-11-17-4-2-3-5-18(17)21-12-16/h2-5,7,9,11-12,15H,6,8,10,13-14H2,1H3/t15-/m0/s1. The van der Waals surface area contributed by atoms with Crippen LogP contribution in [0.2, 0.25) is 0 Å². The molecular formula is C19H22N4. The Kier molecular flexibility index (Phi) is 3.83. The number of fused-ring (bicyclic) bond motifs is 1. The number of rotatable bonds is 4. The summed E-state index contributed by atoms with van der Waals surface area (Å²) in [6.07, 6.45) is 8.32. The summed E-state index contributed by atoms with van der Waals surface area (Å²) in [5, 5.41) is 1.24. The lowest BCUT2D eigenvalue weighted by Gasteiger charge is -2.15. The maximum Gasteiger partial charge on any atom is 0.122 e. The molecule has 118 valence electrons. The molecule has 4 heteroatoms. The van der Waals surface area contributed by atoms with E-state index in [2.05, 4.69) is 50.7 Å². The van der Waals surface area contributed by atoms with Crippen molar-refractivity contribution >= 4 is 10.9 Å². The van der Waals surface area contributed by atoms with E-state index in [0.29, 0.717) is 0 Å². The number of aryl methyl sites for hydroxylation is 1. The van der Waals surface area contributed by atoms with Crippen LogP contribution in [-0.4, -0.2) is 32.5 Å². The van der Waals surface area contributed by atoms with Crippen LogP contribution in [0.15, 0.2) is 48.9 Å². The Morgan fingerprint density at radius 2 is 2.13 bits per heavy atom. The van der Waals surface area contributed by atoms with Crippen molar-refractivity contribution in [3.8, 4) is 0 Å². The summed E-state index contributed by atoms with van der Waals surface area (Å²) in [5.41, 5.74) is 2.44. The molecule has 4 rings (SSSR count). The van der Waals surface area contributed by atoms with Gasteiger partial charge in [0.25, 0.3) is 0 Å². The molecule has 0 radical (unpaired) electrons. The van der Waals surface area contributed by atoms with Crippen LogP contribution in [0.1, 0.15) is 17.8 Å². The van der Waals surface area contributed by atoms with Gasteiger partial charge >= 0.3 is 0 Å². The first-order chi connectivity index (χ1) is 11.3. The number of imidazole rings is 1. The molecule has 1 aliphatic rings. The van der Waals surface area contributed by atoms with E-state index >= 15 is 0 Å². The molecule has 0 saturated carbocycles. The maximum atomic E-state index is 4.59. The zero-order valence-electron chi connectivity index (χ0n) is 13.5. The minimum atomic E-state index is 0.721. The number of benzene rings is 1. The van der Waals surface area contributed by atoms with E-state index in [0.717, 1.165) is 36.8 Å². The van der Waals surface area contributed by atoms with Crippen LogP contribution in [0.3, 0.4) is 0 Å². The second-order valence-corrected chi connectivity index (χ2v) is 6.58. The Labute approximate surface area is 136 Å². The van der Waals surface area contributed by atoms with Gasteiger partial charge in [0.15, 0.2) is 0 Å². The summed E-state index contributed by atoms with van der Waals surface area (Å²) < 4.78 is 2.11. The number of likely N-dealkylation sites (tertiary alicyclic amines) is 1. The summed E-state index contributed by atoms with van der Waals surface area (Å²) in [4.78, 5) is 11.5. The molecule has 0 N–H and O–H groups in total. The van der Waals surface area contributed by atoms with Crippen LogP contribution in [0.5, 0.6) is 0 Å². The summed E-state index contributed by atoms with van der Waals surface area (Å²) in [6, 6.07) is 10.6. The Morgan fingerprint density at radius 1 is 1.22 bits per heavy atom. The lowest BCUT2D eigenvalue weighted by Crippen LogP contribution is -2.22. The fourth-order valence-electron chi connectivity index (χ4n) is 3.53. The molecule has 1 atom stereocenters. The number of hydrogen-bond donors (Lipinski definition) is 0. The summed E-state index contributed by atoms with van der Waals surface area (Å²) in [5.74, 6) is 1.87. The number of hydrogen-bond acceptors (Lipinski definition) is 3. The average Bonchev–Trinajstić information content (AvgIpc) is 3.17. The molecule has 1 fully saturated rings. The van der Waals surface area contributed by atoms with E-state index in [4.69, 9.17) is 0 Å². The van der Waals surface area contributed by atoms with Crippen molar-refractivity contribution in [1.29, 1.82) is 0 Å². The van der Waals surface area contributed by atoms with Gasteiger partial charge in [0.2, 0.25) is 0 Å². The van der Waals surface area contributed by atoms with Gasteiger partial charge in [-0.3, -0.25) is 9.88 Å². The average molecular weight is 306 g/mol. The summed E-state index contributed by atoms with van der Waals surface area (Å²) >= 11 is 0. The third-order valence-electron chi connectivity index (χ3n) is 4.83. The Hall–Kier alpha value is -2.20. The molecule has 0 spiro atoms. The Bertz CT molecular complexity index is 808. The highest BCUT2D eigenvalue weighted by molar-refractivity contribution is 5.78. The number of pyridine rings is 1. The summed E-state index contributed by atoms with van der Waals surface area (Å²) in [6.45, 7) is 3.27. The van der Waals surface area contributed by atoms with E-state index < -0.39 is 0 Å². The first kappa shape index (κ1) is 14.4. The molecule has 3 heterocycles. The van der Waals surface area contributed by atoms with Gasteiger partial charge in [-0.15, -0.1) is 0 Å². The topological polar surface area (TPSA) is 34.0 Å². The van der Waals surface area contributed by atoms with Gasteiger partial charge in [-0.1, -0.05) is 18.2 Å². The second-order valence-electron chi connectivity index (χ2n) is 6.58. The van der Waals surface area contributed by atoms with Crippen molar-refractivity contribution in [2.45, 2.75) is 19.4 Å². The van der Waals surface area contributed by atoms with Crippen LogP contribution in [-0.2, 0) is 20.0 Å². The zero-order chi connectivity index (χ0) is 15.6. The van der Waals surface area contributed by atoms with Crippen molar-refractivity contribution < 1.29 is 0 Å². The molecule has 1 aromatic carbocycles. The smallest absolute Gasteiger partial charge is 0.122 e. The highest BCUT2D eigenvalue weighted by Gasteiger charge is 2.23. The highest BCUT2D eigenvalue weighted by Crippen LogP contribution is 2.23. The van der Waals surface area contributed by atoms with Gasteiger partial charge in [0, 0.05) is 37.6 Å². The first-order valence-corrected chi connectivity index (χ1v) is 8.30. The molecule has 1 aliphatic heterocycles. The van der Waals surface area contributed by atoms with Gasteiger partial charge in [-0.25, -0.2) is 4.98 Å². The lowest BCUT2D eigenvalue weighted by molar-refractivity contribution is 0.305. The normalized spacial score (nSPS) is 18.7. The Balaban J connectivity index is 1.40. The molecule has 4 nitrogen and oxygen atoms in total. The molecular weight excluding hydrogens is 284 g/mol. The fraction of sp³-hybridized carbons (Fsp3) is 0.368. The van der Waals surface area contributed by atoms with E-state index in [9.17, 15) is 0 Å². The van der Waals surface area contributed by atoms with Crippen molar-refractivity contribution in [2.75, 3.05) is 13.1 Å². The van der Waals surface area contributed by atoms with E-state index in [1.807, 2.05) is 24.7 Å². The quantitative estimate of drug-likeness (QED) is 0.743. The zero-order valence-corrected chi connectivity index (χ0v) is 13.5. The van der Waals surface area contributed by atoms with E-state index in [1.54, 1.807) is 0 Å². The van der Waals surface area contributed by atoms with Crippen LogP contribution in [0.4, 0.5) is 0 Å². The van der Waals surface area contributed by atoms with E-state index in [1.165, 1.54) is 23.9 Å². The van der Waals surface area contributed by atoms with Crippen LogP contribution in [0.25, 0.3) is 10.9 Å². The first-order valence-electron chi connectivity index (χ1n) is 8.30. The van der Waals surface area contributed by atoms with Crippen molar-refractivity contribution in [3.05, 3.63) is 60.3 Å². The van der Waals surface area contributed by atoms with E-state index in [-0.39, 0.29) is 0 Å². The molecule has 0 bridgehead atoms. The SMILES string of the molecule is Cn1ccnc1CN1CC[C@@H](Cc2cnc3ccccc3c2)C1. The Morgan fingerprint density at radius 3 is 3.00 bits per heavy atom. The third-order valence-corrected chi connectivity index (χ3v) is 4.83. The predicted molar refractivity (Wildman–Crippen MR) is 92.0 cm³/mol. The van der Waals surface area contributed by atoms with Gasteiger partial charge in [-0.05, 0) is 43.0 Å². The number of aromatic nitrogens is 3. The van der Waals surface area contributed by atoms with Gasteiger partial charge in [-0.2, -0.15) is 0 Å². The van der Waals surface area contributed by atoms with Crippen molar-refractivity contribution in [3.63, 3.8) is 0 Å². The largest absolute Gasteiger partial charge is 0.337 e. The van der Waals surface area contributed by atoms with Crippen molar-refractivity contribution in [1.82, 2.24) is 19.4 Å². The van der Waals surface area contributed by atoms with Crippen LogP contribution in [0, 0.1) is 5.92 Å². The summed E-state index contributed by atoms with van der Waals surface area (Å²) in [7, 11) is 2.07.